The standard InChI is InChI=1S/C14H17FN4O/c1-16-13-12(20-3)14(18-9-17-13)19(2)8-10-5-4-6-11(15)7-10/h4-7,9H,8H2,1-3H3,(H,16,17,18). The van der Waals surface area contributed by atoms with Gasteiger partial charge >= 0.3 is 0 Å². The van der Waals surface area contributed by atoms with Crippen molar-refractivity contribution in [3.63, 3.8) is 0 Å². The Balaban J connectivity index is 2.27. The molecule has 0 atom stereocenters. The molecular formula is C14H17FN4O. The van der Waals surface area contributed by atoms with Crippen LogP contribution in [0.4, 0.5) is 16.0 Å². The van der Waals surface area contributed by atoms with Crippen LogP contribution in [0, 0.1) is 5.82 Å². The molecule has 2 rings (SSSR count). The van der Waals surface area contributed by atoms with Gasteiger partial charge in [-0.15, -0.1) is 0 Å². The molecule has 0 saturated heterocycles. The summed E-state index contributed by atoms with van der Waals surface area (Å²) >= 11 is 0. The third kappa shape index (κ3) is 2.96. The second-order valence-electron chi connectivity index (χ2n) is 4.32. The molecule has 1 aromatic carbocycles. The van der Waals surface area contributed by atoms with E-state index in [2.05, 4.69) is 15.3 Å². The van der Waals surface area contributed by atoms with Crippen molar-refractivity contribution in [3.8, 4) is 5.75 Å². The zero-order chi connectivity index (χ0) is 14.5. The Bertz CT molecular complexity index is 591. The van der Waals surface area contributed by atoms with Crippen LogP contribution in [0.25, 0.3) is 0 Å². The Morgan fingerprint density at radius 1 is 1.35 bits per heavy atom. The van der Waals surface area contributed by atoms with Gasteiger partial charge in [0.05, 0.1) is 7.11 Å². The van der Waals surface area contributed by atoms with Gasteiger partial charge in [0.2, 0.25) is 5.75 Å². The smallest absolute Gasteiger partial charge is 0.204 e. The molecule has 106 valence electrons. The number of ether oxygens (including phenoxy) is 1. The van der Waals surface area contributed by atoms with Crippen LogP contribution >= 0.6 is 0 Å². The van der Waals surface area contributed by atoms with Crippen molar-refractivity contribution in [1.29, 1.82) is 0 Å². The number of methoxy groups -OCH3 is 1. The Morgan fingerprint density at radius 2 is 2.15 bits per heavy atom. The van der Waals surface area contributed by atoms with Crippen molar-refractivity contribution in [3.05, 3.63) is 42.0 Å². The second kappa shape index (κ2) is 6.18. The molecule has 1 heterocycles. The summed E-state index contributed by atoms with van der Waals surface area (Å²) < 4.78 is 18.6. The number of hydrogen-bond acceptors (Lipinski definition) is 5. The molecule has 6 heteroatoms. The molecule has 20 heavy (non-hydrogen) atoms. The highest BCUT2D eigenvalue weighted by molar-refractivity contribution is 5.64. The summed E-state index contributed by atoms with van der Waals surface area (Å²) in [5.41, 5.74) is 0.860. The minimum atomic E-state index is -0.249. The van der Waals surface area contributed by atoms with Crippen LogP contribution < -0.4 is 15.0 Å². The minimum Gasteiger partial charge on any atom is -0.490 e. The van der Waals surface area contributed by atoms with E-state index in [1.807, 2.05) is 18.0 Å². The van der Waals surface area contributed by atoms with Crippen molar-refractivity contribution >= 4 is 11.6 Å². The third-order valence-electron chi connectivity index (χ3n) is 2.90. The zero-order valence-electron chi connectivity index (χ0n) is 11.7. The van der Waals surface area contributed by atoms with Crippen LogP contribution in [-0.2, 0) is 6.54 Å². The molecule has 0 radical (unpaired) electrons. The Kier molecular flexibility index (Phi) is 4.34. The predicted molar refractivity (Wildman–Crippen MR) is 76.6 cm³/mol. The number of hydrogen-bond donors (Lipinski definition) is 1. The van der Waals surface area contributed by atoms with E-state index in [0.29, 0.717) is 23.9 Å². The Morgan fingerprint density at radius 3 is 2.80 bits per heavy atom. The van der Waals surface area contributed by atoms with Crippen molar-refractivity contribution < 1.29 is 9.13 Å². The molecule has 0 fully saturated rings. The van der Waals surface area contributed by atoms with Gasteiger partial charge in [-0.3, -0.25) is 0 Å². The van der Waals surface area contributed by atoms with Gasteiger partial charge in [0, 0.05) is 20.6 Å². The van der Waals surface area contributed by atoms with Gasteiger partial charge in [0.15, 0.2) is 11.6 Å². The number of nitrogens with one attached hydrogen (secondary N) is 1. The minimum absolute atomic E-state index is 0.249. The first-order valence-corrected chi connectivity index (χ1v) is 6.18. The van der Waals surface area contributed by atoms with E-state index in [-0.39, 0.29) is 5.82 Å². The van der Waals surface area contributed by atoms with Gasteiger partial charge in [-0.1, -0.05) is 12.1 Å². The van der Waals surface area contributed by atoms with Gasteiger partial charge < -0.3 is 15.0 Å². The Hall–Kier alpha value is -2.37. The molecule has 0 unspecified atom stereocenters. The number of benzene rings is 1. The fourth-order valence-electron chi connectivity index (χ4n) is 1.99. The van der Waals surface area contributed by atoms with E-state index in [0.717, 1.165) is 5.56 Å². The van der Waals surface area contributed by atoms with E-state index in [9.17, 15) is 4.39 Å². The van der Waals surface area contributed by atoms with Crippen molar-refractivity contribution in [2.45, 2.75) is 6.54 Å². The number of rotatable bonds is 5. The quantitative estimate of drug-likeness (QED) is 0.908. The molecular weight excluding hydrogens is 259 g/mol. The van der Waals surface area contributed by atoms with Crippen LogP contribution in [-0.4, -0.2) is 31.2 Å². The summed E-state index contributed by atoms with van der Waals surface area (Å²) in [5.74, 6) is 1.58. The molecule has 0 aliphatic carbocycles. The maximum Gasteiger partial charge on any atom is 0.204 e. The van der Waals surface area contributed by atoms with Crippen LogP contribution in [0.15, 0.2) is 30.6 Å². The van der Waals surface area contributed by atoms with Crippen LogP contribution in [0.2, 0.25) is 0 Å². The van der Waals surface area contributed by atoms with E-state index in [4.69, 9.17) is 4.74 Å². The van der Waals surface area contributed by atoms with E-state index >= 15 is 0 Å². The first-order chi connectivity index (χ1) is 9.65. The lowest BCUT2D eigenvalue weighted by Crippen LogP contribution is -2.19. The SMILES string of the molecule is CNc1ncnc(N(C)Cc2cccc(F)c2)c1OC. The van der Waals surface area contributed by atoms with Gasteiger partial charge in [-0.25, -0.2) is 14.4 Å². The van der Waals surface area contributed by atoms with Crippen LogP contribution in [0.5, 0.6) is 5.75 Å². The molecule has 5 nitrogen and oxygen atoms in total. The highest BCUT2D eigenvalue weighted by Crippen LogP contribution is 2.31. The van der Waals surface area contributed by atoms with Gasteiger partial charge in [-0.05, 0) is 17.7 Å². The summed E-state index contributed by atoms with van der Waals surface area (Å²) in [4.78, 5) is 10.2. The lowest BCUT2D eigenvalue weighted by Gasteiger charge is -2.21. The first-order valence-electron chi connectivity index (χ1n) is 6.18. The molecule has 0 saturated carbocycles. The number of halogens is 1. The largest absolute Gasteiger partial charge is 0.490 e. The maximum atomic E-state index is 13.2. The summed E-state index contributed by atoms with van der Waals surface area (Å²) in [6.45, 7) is 0.522. The molecule has 0 bridgehead atoms. The van der Waals surface area contributed by atoms with Crippen molar-refractivity contribution in [2.75, 3.05) is 31.4 Å². The van der Waals surface area contributed by atoms with E-state index in [1.54, 1.807) is 20.2 Å². The topological polar surface area (TPSA) is 50.3 Å². The zero-order valence-corrected chi connectivity index (χ0v) is 11.7. The fraction of sp³-hybridized carbons (Fsp3) is 0.286. The van der Waals surface area contributed by atoms with Crippen LogP contribution in [0.3, 0.4) is 0 Å². The number of aromatic nitrogens is 2. The molecule has 0 aliphatic heterocycles. The monoisotopic (exact) mass is 276 g/mol. The lowest BCUT2D eigenvalue weighted by atomic mass is 10.2. The van der Waals surface area contributed by atoms with Crippen molar-refractivity contribution in [1.82, 2.24) is 9.97 Å². The average molecular weight is 276 g/mol. The molecule has 2 aromatic rings. The van der Waals surface area contributed by atoms with Gasteiger partial charge in [-0.2, -0.15) is 0 Å². The highest BCUT2D eigenvalue weighted by atomic mass is 19.1. The Labute approximate surface area is 117 Å². The average Bonchev–Trinajstić information content (AvgIpc) is 2.46. The van der Waals surface area contributed by atoms with Gasteiger partial charge in [0.1, 0.15) is 12.1 Å². The predicted octanol–water partition coefficient (Wildman–Crippen LogP) is 2.30. The molecule has 0 amide bonds. The summed E-state index contributed by atoms with van der Waals surface area (Å²) in [5, 5.41) is 2.95. The molecule has 1 aromatic heterocycles. The lowest BCUT2D eigenvalue weighted by molar-refractivity contribution is 0.413. The molecule has 0 aliphatic rings. The maximum absolute atomic E-state index is 13.2. The summed E-state index contributed by atoms with van der Waals surface area (Å²) in [7, 11) is 5.20. The summed E-state index contributed by atoms with van der Waals surface area (Å²) in [6, 6.07) is 6.48. The van der Waals surface area contributed by atoms with E-state index < -0.39 is 0 Å². The van der Waals surface area contributed by atoms with Gasteiger partial charge in [0.25, 0.3) is 0 Å². The summed E-state index contributed by atoms with van der Waals surface area (Å²) in [6.07, 6.45) is 1.46. The highest BCUT2D eigenvalue weighted by Gasteiger charge is 2.15. The number of anilines is 2. The third-order valence-corrected chi connectivity index (χ3v) is 2.90. The van der Waals surface area contributed by atoms with Crippen molar-refractivity contribution in [2.24, 2.45) is 0 Å². The molecule has 0 spiro atoms. The first kappa shape index (κ1) is 14.0. The molecule has 1 N–H and O–H groups in total. The fourth-order valence-corrected chi connectivity index (χ4v) is 1.99. The normalized spacial score (nSPS) is 10.2. The second-order valence-corrected chi connectivity index (χ2v) is 4.32. The van der Waals surface area contributed by atoms with Crippen LogP contribution in [0.1, 0.15) is 5.56 Å². The number of nitrogens with zero attached hydrogens (tertiary/aromatic N) is 3. The van der Waals surface area contributed by atoms with E-state index in [1.165, 1.54) is 18.5 Å².